The lowest BCUT2D eigenvalue weighted by molar-refractivity contribution is -0.658. The minimum Gasteiger partial charge on any atom is -0.497 e. The Morgan fingerprint density at radius 2 is 1.58 bits per heavy atom. The van der Waals surface area contributed by atoms with Gasteiger partial charge in [-0.25, -0.2) is 9.48 Å². The van der Waals surface area contributed by atoms with Gasteiger partial charge in [-0.1, -0.05) is 0 Å². The highest BCUT2D eigenvalue weighted by molar-refractivity contribution is 5.97. The summed E-state index contributed by atoms with van der Waals surface area (Å²) in [7, 11) is 6.54. The van der Waals surface area contributed by atoms with Crippen LogP contribution in [-0.4, -0.2) is 57.0 Å². The van der Waals surface area contributed by atoms with Crippen molar-refractivity contribution in [3.63, 3.8) is 0 Å². The predicted molar refractivity (Wildman–Crippen MR) is 119 cm³/mol. The van der Waals surface area contributed by atoms with Gasteiger partial charge in [0.25, 0.3) is 11.6 Å². The van der Waals surface area contributed by atoms with E-state index in [1.807, 2.05) is 36.4 Å². The summed E-state index contributed by atoms with van der Waals surface area (Å²) < 4.78 is 24.2. The molecule has 2 heterocycles. The molecule has 166 valence electrons. The second-order valence-corrected chi connectivity index (χ2v) is 7.89. The minimum atomic E-state index is -1.20. The van der Waals surface area contributed by atoms with Gasteiger partial charge in [0.05, 0.1) is 35.0 Å². The van der Waals surface area contributed by atoms with Crippen molar-refractivity contribution < 1.29 is 28.6 Å². The van der Waals surface area contributed by atoms with Gasteiger partial charge in [0, 0.05) is 18.1 Å². The van der Waals surface area contributed by atoms with E-state index in [-0.39, 0.29) is 0 Å². The molecular weight excluding hydrogens is 396 g/mol. The molecule has 0 amide bonds. The number of amidine groups is 1. The van der Waals surface area contributed by atoms with Crippen LogP contribution in [0.2, 0.25) is 0 Å². The molecule has 31 heavy (non-hydrogen) atoms. The van der Waals surface area contributed by atoms with Crippen LogP contribution in [0.25, 0.3) is 0 Å². The molecule has 0 fully saturated rings. The van der Waals surface area contributed by atoms with Gasteiger partial charge in [0.2, 0.25) is 0 Å². The highest BCUT2D eigenvalue weighted by Gasteiger charge is 2.53. The fraction of sp³-hybridized carbons (Fsp3) is 0.458. The molecule has 0 bridgehead atoms. The van der Waals surface area contributed by atoms with E-state index < -0.39 is 5.72 Å². The van der Waals surface area contributed by atoms with Crippen LogP contribution in [0.5, 0.6) is 23.0 Å². The smallest absolute Gasteiger partial charge is 0.271 e. The number of rotatable bonds is 6. The van der Waals surface area contributed by atoms with Gasteiger partial charge in [-0.05, 0) is 49.6 Å². The summed E-state index contributed by atoms with van der Waals surface area (Å²) in [6.07, 6.45) is 4.12. The maximum Gasteiger partial charge on any atom is 0.271 e. The highest BCUT2D eigenvalue weighted by Crippen LogP contribution is 2.42. The van der Waals surface area contributed by atoms with E-state index in [2.05, 4.69) is 9.48 Å². The number of aliphatic hydroxyl groups is 1. The van der Waals surface area contributed by atoms with Crippen molar-refractivity contribution in [1.82, 2.24) is 0 Å². The molecule has 2 aliphatic heterocycles. The van der Waals surface area contributed by atoms with Crippen molar-refractivity contribution in [3.05, 3.63) is 42.0 Å². The molecule has 0 aromatic heterocycles. The van der Waals surface area contributed by atoms with Crippen LogP contribution in [0.15, 0.2) is 36.4 Å². The van der Waals surface area contributed by atoms with E-state index in [4.69, 9.17) is 18.9 Å². The molecule has 1 N–H and O–H groups in total. The Morgan fingerprint density at radius 3 is 2.29 bits per heavy atom. The lowest BCUT2D eigenvalue weighted by Crippen LogP contribution is -2.41. The van der Waals surface area contributed by atoms with Crippen molar-refractivity contribution in [1.29, 1.82) is 0 Å². The average Bonchev–Trinajstić information content (AvgIpc) is 2.96. The van der Waals surface area contributed by atoms with Gasteiger partial charge < -0.3 is 24.1 Å². The summed E-state index contributed by atoms with van der Waals surface area (Å²) in [5.74, 6) is 3.83. The Kier molecular flexibility index (Phi) is 5.96. The van der Waals surface area contributed by atoms with Gasteiger partial charge in [-0.2, -0.15) is 0 Å². The minimum absolute atomic E-state index is 0.376. The van der Waals surface area contributed by atoms with E-state index in [0.717, 1.165) is 60.8 Å². The maximum absolute atomic E-state index is 12.1. The largest absolute Gasteiger partial charge is 0.497 e. The Labute approximate surface area is 183 Å². The predicted octanol–water partition coefficient (Wildman–Crippen LogP) is 3.37. The number of β-amino-alcohol motifs (C(OH)–C–C–N with tert-alkyl or cyclic N) is 1. The maximum atomic E-state index is 12.1. The first-order valence-electron chi connectivity index (χ1n) is 10.6. The Bertz CT molecular complexity index is 990. The standard InChI is InChI=1S/C24H31N2O5/c1-28-18-10-12-20(29-2)19(15-18)25-16-24(27,26-13-7-5-6-8-23(25)26)17-9-11-21(30-3)22(14-17)31-4/h9-12,14-15,27H,5-8,13,16H2,1-4H3/q+1. The van der Waals surface area contributed by atoms with Crippen molar-refractivity contribution in [2.45, 2.75) is 31.4 Å². The first-order chi connectivity index (χ1) is 15.0. The molecule has 7 heteroatoms. The van der Waals surface area contributed by atoms with Crippen molar-refractivity contribution in [2.24, 2.45) is 0 Å². The van der Waals surface area contributed by atoms with Crippen LogP contribution >= 0.6 is 0 Å². The number of nitrogens with zero attached hydrogens (tertiary/aromatic N) is 2. The summed E-state index contributed by atoms with van der Waals surface area (Å²) in [6, 6.07) is 11.4. The molecule has 0 saturated heterocycles. The zero-order valence-electron chi connectivity index (χ0n) is 18.7. The quantitative estimate of drug-likeness (QED) is 0.714. The van der Waals surface area contributed by atoms with Crippen molar-refractivity contribution in [2.75, 3.05) is 46.4 Å². The van der Waals surface area contributed by atoms with Gasteiger partial charge >= 0.3 is 0 Å². The third kappa shape index (κ3) is 3.67. The number of benzene rings is 2. The summed E-state index contributed by atoms with van der Waals surface area (Å²) in [4.78, 5) is 2.17. The fourth-order valence-electron chi connectivity index (χ4n) is 4.63. The number of anilines is 1. The van der Waals surface area contributed by atoms with E-state index in [0.29, 0.717) is 18.0 Å². The Hall–Kier alpha value is -2.93. The van der Waals surface area contributed by atoms with Crippen LogP contribution in [0.3, 0.4) is 0 Å². The topological polar surface area (TPSA) is 63.4 Å². The molecule has 2 aromatic carbocycles. The molecule has 0 saturated carbocycles. The summed E-state index contributed by atoms with van der Waals surface area (Å²) in [6.45, 7) is 1.16. The van der Waals surface area contributed by atoms with Crippen LogP contribution in [0.1, 0.15) is 31.2 Å². The number of ether oxygens (including phenoxy) is 4. The molecule has 0 radical (unpaired) electrons. The molecule has 7 nitrogen and oxygen atoms in total. The summed E-state index contributed by atoms with van der Waals surface area (Å²) in [5.41, 5.74) is 0.460. The zero-order chi connectivity index (χ0) is 22.0. The number of methoxy groups -OCH3 is 4. The Morgan fingerprint density at radius 1 is 0.839 bits per heavy atom. The Balaban J connectivity index is 1.84. The SMILES string of the molecule is COc1ccc(OC)c(N2CC(O)(c3ccc(OC)c(OC)c3)[N+]3=C2CCCCC3)c1. The molecule has 0 spiro atoms. The van der Waals surface area contributed by atoms with Gasteiger partial charge in [-0.15, -0.1) is 0 Å². The van der Waals surface area contributed by atoms with Gasteiger partial charge in [0.15, 0.2) is 29.5 Å². The van der Waals surface area contributed by atoms with Crippen LogP contribution in [-0.2, 0) is 5.72 Å². The van der Waals surface area contributed by atoms with Crippen LogP contribution < -0.4 is 23.8 Å². The molecule has 1 atom stereocenters. The molecule has 1 unspecified atom stereocenters. The highest BCUT2D eigenvalue weighted by atomic mass is 16.5. The molecule has 2 aromatic rings. The zero-order valence-corrected chi connectivity index (χ0v) is 18.7. The summed E-state index contributed by atoms with van der Waals surface area (Å²) in [5, 5.41) is 12.1. The third-order valence-corrected chi connectivity index (χ3v) is 6.25. The fourth-order valence-corrected chi connectivity index (χ4v) is 4.63. The van der Waals surface area contributed by atoms with Crippen LogP contribution in [0.4, 0.5) is 5.69 Å². The van der Waals surface area contributed by atoms with Crippen molar-refractivity contribution >= 4 is 11.5 Å². The average molecular weight is 428 g/mol. The van der Waals surface area contributed by atoms with E-state index in [1.165, 1.54) is 0 Å². The normalized spacial score (nSPS) is 20.9. The first-order valence-corrected chi connectivity index (χ1v) is 10.6. The van der Waals surface area contributed by atoms with E-state index >= 15 is 0 Å². The first kappa shape index (κ1) is 21.3. The second kappa shape index (κ2) is 8.67. The molecular formula is C24H31N2O5+. The number of hydrogen-bond acceptors (Lipinski definition) is 6. The second-order valence-electron chi connectivity index (χ2n) is 7.89. The monoisotopic (exact) mass is 427 g/mol. The number of hydrogen-bond donors (Lipinski definition) is 1. The van der Waals surface area contributed by atoms with Crippen molar-refractivity contribution in [3.8, 4) is 23.0 Å². The van der Waals surface area contributed by atoms with Gasteiger partial charge in [-0.3, -0.25) is 0 Å². The molecule has 0 aliphatic carbocycles. The van der Waals surface area contributed by atoms with Gasteiger partial charge in [0.1, 0.15) is 5.75 Å². The van der Waals surface area contributed by atoms with Crippen LogP contribution in [0, 0.1) is 0 Å². The lowest BCUT2D eigenvalue weighted by atomic mass is 10.0. The molecule has 4 rings (SSSR count). The third-order valence-electron chi connectivity index (χ3n) is 6.25. The van der Waals surface area contributed by atoms with E-state index in [1.54, 1.807) is 28.4 Å². The van der Waals surface area contributed by atoms with E-state index in [9.17, 15) is 5.11 Å². The summed E-state index contributed by atoms with van der Waals surface area (Å²) >= 11 is 0. The lowest BCUT2D eigenvalue weighted by Gasteiger charge is -2.24. The molecule has 2 aliphatic rings.